The molecule has 0 atom stereocenters. The predicted molar refractivity (Wildman–Crippen MR) is 67.5 cm³/mol. The van der Waals surface area contributed by atoms with E-state index in [9.17, 15) is 9.90 Å². The van der Waals surface area contributed by atoms with Crippen LogP contribution in [0.25, 0.3) is 5.65 Å². The fourth-order valence-electron chi connectivity index (χ4n) is 2.24. The van der Waals surface area contributed by atoms with Gasteiger partial charge < -0.3 is 5.11 Å². The van der Waals surface area contributed by atoms with Crippen LogP contribution in [0, 0.1) is 6.92 Å². The Kier molecular flexibility index (Phi) is 2.65. The molecule has 1 N–H and O–H groups in total. The number of aliphatic hydroxyl groups excluding tert-OH is 1. The highest BCUT2D eigenvalue weighted by Gasteiger charge is 2.24. The van der Waals surface area contributed by atoms with Crippen LogP contribution in [-0.4, -0.2) is 38.6 Å². The lowest BCUT2D eigenvalue weighted by molar-refractivity contribution is -0.00352. The molecule has 18 heavy (non-hydrogen) atoms. The van der Waals surface area contributed by atoms with Crippen molar-refractivity contribution < 1.29 is 5.11 Å². The molecular weight excluding hydrogens is 230 g/mol. The van der Waals surface area contributed by atoms with Crippen LogP contribution in [-0.2, 0) is 6.54 Å². The van der Waals surface area contributed by atoms with E-state index in [0.717, 1.165) is 11.3 Å². The summed E-state index contributed by atoms with van der Waals surface area (Å²) < 4.78 is 1.56. The minimum Gasteiger partial charge on any atom is -0.390 e. The lowest BCUT2D eigenvalue weighted by atomic mass is 10.1. The van der Waals surface area contributed by atoms with Crippen molar-refractivity contribution in [3.05, 3.63) is 46.0 Å². The average Bonchev–Trinajstić information content (AvgIpc) is 2.28. The smallest absolute Gasteiger partial charge is 0.258 e. The molecule has 0 saturated carbocycles. The Balaban J connectivity index is 1.95. The van der Waals surface area contributed by atoms with Crippen LogP contribution >= 0.6 is 0 Å². The summed E-state index contributed by atoms with van der Waals surface area (Å²) in [6.45, 7) is 3.89. The number of fused-ring (bicyclic) bond motifs is 1. The SMILES string of the molecule is Cc1ccc2nc(CN3CC(O)C3)cc(=O)n2c1. The first-order valence-electron chi connectivity index (χ1n) is 6.01. The molecule has 0 radical (unpaired) electrons. The quantitative estimate of drug-likeness (QED) is 0.820. The molecule has 1 aliphatic rings. The highest BCUT2D eigenvalue weighted by molar-refractivity contribution is 5.39. The van der Waals surface area contributed by atoms with Gasteiger partial charge >= 0.3 is 0 Å². The van der Waals surface area contributed by atoms with E-state index in [1.165, 1.54) is 0 Å². The Bertz CT molecular complexity index is 644. The molecule has 2 aromatic rings. The monoisotopic (exact) mass is 245 g/mol. The fraction of sp³-hybridized carbons (Fsp3) is 0.385. The van der Waals surface area contributed by atoms with E-state index < -0.39 is 0 Å². The standard InChI is InChI=1S/C13H15N3O2/c1-9-2-3-12-14-10(4-13(18)16(12)5-9)6-15-7-11(17)8-15/h2-5,11,17H,6-8H2,1H3. The second kappa shape index (κ2) is 4.19. The topological polar surface area (TPSA) is 57.8 Å². The normalized spacial score (nSPS) is 17.0. The van der Waals surface area contributed by atoms with E-state index in [1.54, 1.807) is 16.7 Å². The number of aromatic nitrogens is 2. The van der Waals surface area contributed by atoms with Gasteiger partial charge in [-0.05, 0) is 18.6 Å². The lowest BCUT2D eigenvalue weighted by Crippen LogP contribution is -2.50. The Morgan fingerprint density at radius 3 is 2.94 bits per heavy atom. The zero-order valence-electron chi connectivity index (χ0n) is 10.2. The zero-order valence-corrected chi connectivity index (χ0v) is 10.2. The number of pyridine rings is 1. The third kappa shape index (κ3) is 2.02. The van der Waals surface area contributed by atoms with Crippen molar-refractivity contribution in [1.29, 1.82) is 0 Å². The van der Waals surface area contributed by atoms with Gasteiger partial charge in [-0.1, -0.05) is 6.07 Å². The van der Waals surface area contributed by atoms with Gasteiger partial charge in [0.25, 0.3) is 5.56 Å². The maximum atomic E-state index is 12.0. The molecule has 0 spiro atoms. The van der Waals surface area contributed by atoms with Crippen LogP contribution < -0.4 is 5.56 Å². The second-order valence-corrected chi connectivity index (χ2v) is 4.87. The molecule has 5 nitrogen and oxygen atoms in total. The van der Waals surface area contributed by atoms with Crippen molar-refractivity contribution in [3.63, 3.8) is 0 Å². The number of nitrogens with zero attached hydrogens (tertiary/aromatic N) is 3. The van der Waals surface area contributed by atoms with Gasteiger partial charge in [0.1, 0.15) is 5.65 Å². The lowest BCUT2D eigenvalue weighted by Gasteiger charge is -2.35. The number of aliphatic hydroxyl groups is 1. The number of rotatable bonds is 2. The van der Waals surface area contributed by atoms with Crippen LogP contribution in [0.15, 0.2) is 29.2 Å². The van der Waals surface area contributed by atoms with Crippen molar-refractivity contribution in [2.24, 2.45) is 0 Å². The number of likely N-dealkylation sites (tertiary alicyclic amines) is 1. The summed E-state index contributed by atoms with van der Waals surface area (Å²) in [6.07, 6.45) is 1.57. The van der Waals surface area contributed by atoms with E-state index in [4.69, 9.17) is 0 Å². The summed E-state index contributed by atoms with van der Waals surface area (Å²) in [5.41, 5.74) is 2.41. The number of hydrogen-bond acceptors (Lipinski definition) is 4. The van der Waals surface area contributed by atoms with Gasteiger partial charge in [-0.15, -0.1) is 0 Å². The Hall–Kier alpha value is -1.72. The highest BCUT2D eigenvalue weighted by atomic mass is 16.3. The highest BCUT2D eigenvalue weighted by Crippen LogP contribution is 2.11. The Labute approximate surface area is 104 Å². The van der Waals surface area contributed by atoms with Crippen LogP contribution in [0.2, 0.25) is 0 Å². The van der Waals surface area contributed by atoms with Gasteiger partial charge in [0.2, 0.25) is 0 Å². The average molecular weight is 245 g/mol. The molecule has 1 aliphatic heterocycles. The summed E-state index contributed by atoms with van der Waals surface area (Å²) in [5.74, 6) is 0. The molecule has 0 unspecified atom stereocenters. The van der Waals surface area contributed by atoms with E-state index in [0.29, 0.717) is 25.3 Å². The van der Waals surface area contributed by atoms with Gasteiger partial charge in [-0.25, -0.2) is 4.98 Å². The Morgan fingerprint density at radius 1 is 1.44 bits per heavy atom. The largest absolute Gasteiger partial charge is 0.390 e. The van der Waals surface area contributed by atoms with Gasteiger partial charge in [0, 0.05) is 31.9 Å². The fourth-order valence-corrected chi connectivity index (χ4v) is 2.24. The van der Waals surface area contributed by atoms with Gasteiger partial charge in [-0.2, -0.15) is 0 Å². The third-order valence-electron chi connectivity index (χ3n) is 3.18. The van der Waals surface area contributed by atoms with Crippen molar-refractivity contribution in [3.8, 4) is 0 Å². The predicted octanol–water partition coefficient (Wildman–Crippen LogP) is 0.179. The van der Waals surface area contributed by atoms with Crippen molar-refractivity contribution >= 4 is 5.65 Å². The van der Waals surface area contributed by atoms with Crippen molar-refractivity contribution in [2.45, 2.75) is 19.6 Å². The molecule has 3 heterocycles. The zero-order chi connectivity index (χ0) is 12.7. The Morgan fingerprint density at radius 2 is 2.22 bits per heavy atom. The number of aryl methyl sites for hydroxylation is 1. The van der Waals surface area contributed by atoms with E-state index in [-0.39, 0.29) is 11.7 Å². The first-order chi connectivity index (χ1) is 8.61. The number of hydrogen-bond donors (Lipinski definition) is 1. The molecule has 3 rings (SSSR count). The van der Waals surface area contributed by atoms with Crippen LogP contribution in [0.4, 0.5) is 0 Å². The minimum atomic E-state index is -0.228. The third-order valence-corrected chi connectivity index (χ3v) is 3.18. The molecular formula is C13H15N3O2. The van der Waals surface area contributed by atoms with E-state index >= 15 is 0 Å². The van der Waals surface area contributed by atoms with Gasteiger partial charge in [0.05, 0.1) is 11.8 Å². The molecule has 0 aromatic carbocycles. The summed E-state index contributed by atoms with van der Waals surface area (Å²) in [7, 11) is 0. The maximum Gasteiger partial charge on any atom is 0.258 e. The van der Waals surface area contributed by atoms with Gasteiger partial charge in [-0.3, -0.25) is 14.1 Å². The number of β-amino-alcohol motifs (C(OH)–C–C–N with tert-alkyl or cyclic N) is 1. The molecule has 2 aromatic heterocycles. The van der Waals surface area contributed by atoms with Crippen molar-refractivity contribution in [2.75, 3.05) is 13.1 Å². The van der Waals surface area contributed by atoms with Crippen LogP contribution in [0.3, 0.4) is 0 Å². The van der Waals surface area contributed by atoms with E-state index in [2.05, 4.69) is 9.88 Å². The van der Waals surface area contributed by atoms with E-state index in [1.807, 2.05) is 19.1 Å². The summed E-state index contributed by atoms with van der Waals surface area (Å²) in [5, 5.41) is 9.23. The van der Waals surface area contributed by atoms with Crippen LogP contribution in [0.1, 0.15) is 11.3 Å². The molecule has 0 aliphatic carbocycles. The molecule has 1 saturated heterocycles. The summed E-state index contributed by atoms with van der Waals surface area (Å²) in [6, 6.07) is 5.36. The molecule has 5 heteroatoms. The minimum absolute atomic E-state index is 0.0558. The molecule has 94 valence electrons. The summed E-state index contributed by atoms with van der Waals surface area (Å²) >= 11 is 0. The molecule has 0 amide bonds. The van der Waals surface area contributed by atoms with Gasteiger partial charge in [0.15, 0.2) is 0 Å². The summed E-state index contributed by atoms with van der Waals surface area (Å²) in [4.78, 5) is 18.5. The molecule has 0 bridgehead atoms. The first-order valence-corrected chi connectivity index (χ1v) is 6.01. The first kappa shape index (κ1) is 11.4. The molecule has 1 fully saturated rings. The maximum absolute atomic E-state index is 12.0. The second-order valence-electron chi connectivity index (χ2n) is 4.87. The van der Waals surface area contributed by atoms with Crippen molar-refractivity contribution in [1.82, 2.24) is 14.3 Å². The van der Waals surface area contributed by atoms with Crippen LogP contribution in [0.5, 0.6) is 0 Å².